The van der Waals surface area contributed by atoms with Crippen LogP contribution in [0.5, 0.6) is 0 Å². The summed E-state index contributed by atoms with van der Waals surface area (Å²) in [6.07, 6.45) is 2.40. The lowest BCUT2D eigenvalue weighted by Crippen LogP contribution is -2.55. The highest BCUT2D eigenvalue weighted by atomic mass is 32.2. The molecule has 2 heterocycles. The van der Waals surface area contributed by atoms with Gasteiger partial charge in [-0.15, -0.1) is 11.8 Å². The van der Waals surface area contributed by atoms with Gasteiger partial charge in [0.1, 0.15) is 6.04 Å². The maximum absolute atomic E-state index is 11.7. The van der Waals surface area contributed by atoms with Crippen LogP contribution in [0.15, 0.2) is 12.3 Å². The zero-order valence-corrected chi connectivity index (χ0v) is 9.98. The topological polar surface area (TPSA) is 89.7 Å². The van der Waals surface area contributed by atoms with Crippen LogP contribution >= 0.6 is 11.8 Å². The van der Waals surface area contributed by atoms with Crippen LogP contribution in [-0.4, -0.2) is 39.3 Å². The number of primary amides is 1. The van der Waals surface area contributed by atoms with Gasteiger partial charge in [0.25, 0.3) is 0 Å². The van der Waals surface area contributed by atoms with E-state index in [0.717, 1.165) is 12.3 Å². The number of hydrogen-bond acceptors (Lipinski definition) is 5. The van der Waals surface area contributed by atoms with Crippen molar-refractivity contribution in [1.82, 2.24) is 4.90 Å². The molecule has 92 valence electrons. The summed E-state index contributed by atoms with van der Waals surface area (Å²) >= 11 is 1.58. The Bertz CT molecular complexity index is 409. The van der Waals surface area contributed by atoms with Crippen LogP contribution in [0.1, 0.15) is 13.3 Å². The fraction of sp³-hybridized carbons (Fsp3) is 0.500. The van der Waals surface area contributed by atoms with E-state index in [1.54, 1.807) is 11.8 Å². The van der Waals surface area contributed by atoms with Crippen LogP contribution in [0.4, 0.5) is 0 Å². The third-order valence-electron chi connectivity index (χ3n) is 2.72. The van der Waals surface area contributed by atoms with Gasteiger partial charge in [-0.3, -0.25) is 9.59 Å². The van der Waals surface area contributed by atoms with E-state index >= 15 is 0 Å². The molecule has 0 saturated carbocycles. The van der Waals surface area contributed by atoms with Gasteiger partial charge in [-0.1, -0.05) is 6.92 Å². The predicted molar refractivity (Wildman–Crippen MR) is 60.5 cm³/mol. The Balaban J connectivity index is 1.99. The molecule has 3 atom stereocenters. The van der Waals surface area contributed by atoms with Crippen molar-refractivity contribution in [3.8, 4) is 0 Å². The second kappa shape index (κ2) is 4.40. The molecule has 6 nitrogen and oxygen atoms in total. The Hall–Kier alpha value is -1.50. The van der Waals surface area contributed by atoms with Gasteiger partial charge in [0, 0.05) is 11.3 Å². The van der Waals surface area contributed by atoms with E-state index in [2.05, 4.69) is 0 Å². The van der Waals surface area contributed by atoms with Crippen molar-refractivity contribution in [2.45, 2.75) is 30.0 Å². The van der Waals surface area contributed by atoms with Crippen molar-refractivity contribution < 1.29 is 19.1 Å². The van der Waals surface area contributed by atoms with Crippen molar-refractivity contribution in [2.24, 2.45) is 5.73 Å². The summed E-state index contributed by atoms with van der Waals surface area (Å²) in [5.74, 6) is -1.25. The smallest absolute Gasteiger partial charge is 0.334 e. The molecule has 0 aromatic heterocycles. The van der Waals surface area contributed by atoms with Gasteiger partial charge in [0.2, 0.25) is 11.8 Å². The predicted octanol–water partition coefficient (Wildman–Crippen LogP) is -0.409. The van der Waals surface area contributed by atoms with E-state index in [4.69, 9.17) is 10.5 Å². The quantitative estimate of drug-likeness (QED) is 0.321. The van der Waals surface area contributed by atoms with Crippen molar-refractivity contribution in [1.29, 1.82) is 0 Å². The van der Waals surface area contributed by atoms with Crippen molar-refractivity contribution >= 4 is 29.5 Å². The number of β-lactam (4-membered cyclic amide) rings is 1. The molecular weight excluding hydrogens is 244 g/mol. The normalized spacial score (nSPS) is 31.2. The van der Waals surface area contributed by atoms with E-state index in [1.165, 1.54) is 4.90 Å². The lowest BCUT2D eigenvalue weighted by molar-refractivity contribution is -0.156. The Labute approximate surface area is 102 Å². The summed E-state index contributed by atoms with van der Waals surface area (Å²) < 4.78 is 4.78. The Morgan fingerprint density at radius 1 is 1.59 bits per heavy atom. The molecule has 0 radical (unpaired) electrons. The first-order chi connectivity index (χ1) is 8.00. The molecule has 2 amide bonds. The number of fused-ring (bicyclic) bond motifs is 1. The molecule has 0 aliphatic carbocycles. The number of esters is 1. The second-order valence-electron chi connectivity index (χ2n) is 3.89. The fourth-order valence-electron chi connectivity index (χ4n) is 1.94. The van der Waals surface area contributed by atoms with Crippen LogP contribution in [-0.2, 0) is 19.1 Å². The molecule has 2 fully saturated rings. The summed E-state index contributed by atoms with van der Waals surface area (Å²) in [5.41, 5.74) is 4.86. The number of nitrogens with zero attached hydrogens (tertiary/aromatic N) is 1. The van der Waals surface area contributed by atoms with E-state index in [-0.39, 0.29) is 16.5 Å². The molecule has 0 aromatic carbocycles. The van der Waals surface area contributed by atoms with Crippen molar-refractivity contribution in [3.05, 3.63) is 12.3 Å². The minimum Gasteiger partial charge on any atom is -0.433 e. The lowest BCUT2D eigenvalue weighted by Gasteiger charge is -2.36. The molecule has 2 aliphatic heterocycles. The van der Waals surface area contributed by atoms with E-state index < -0.39 is 17.9 Å². The van der Waals surface area contributed by atoms with Crippen LogP contribution < -0.4 is 5.73 Å². The zero-order valence-electron chi connectivity index (χ0n) is 9.16. The van der Waals surface area contributed by atoms with Gasteiger partial charge in [-0.25, -0.2) is 4.79 Å². The van der Waals surface area contributed by atoms with Crippen LogP contribution in [0.25, 0.3) is 0 Å². The number of ether oxygens (including phenoxy) is 1. The van der Waals surface area contributed by atoms with Crippen molar-refractivity contribution in [2.75, 3.05) is 0 Å². The van der Waals surface area contributed by atoms with Gasteiger partial charge in [0.05, 0.1) is 18.1 Å². The van der Waals surface area contributed by atoms with Gasteiger partial charge in [-0.2, -0.15) is 0 Å². The molecule has 2 aliphatic rings. The van der Waals surface area contributed by atoms with Gasteiger partial charge >= 0.3 is 5.97 Å². The standard InChI is InChI=1S/C10H12N2O4S/c1-5-9(10(15)16-3-2-6(11)13)12-7(14)4-8(12)17-5/h2-3,5,8-9H,4H2,1H3,(H2,11,13). The third-order valence-corrected chi connectivity index (χ3v) is 4.12. The maximum Gasteiger partial charge on any atom is 0.334 e. The molecular formula is C10H12N2O4S. The van der Waals surface area contributed by atoms with E-state index in [9.17, 15) is 14.4 Å². The first-order valence-electron chi connectivity index (χ1n) is 5.14. The molecule has 7 heteroatoms. The summed E-state index contributed by atoms with van der Waals surface area (Å²) in [6.45, 7) is 1.87. The molecule has 3 unspecified atom stereocenters. The first kappa shape index (κ1) is 12.0. The van der Waals surface area contributed by atoms with Crippen LogP contribution in [0.2, 0.25) is 0 Å². The number of thioether (sulfide) groups is 1. The molecule has 2 rings (SSSR count). The number of carbonyl (C=O) groups is 3. The number of carbonyl (C=O) groups excluding carboxylic acids is 3. The second-order valence-corrected chi connectivity index (χ2v) is 5.45. The highest BCUT2D eigenvalue weighted by Crippen LogP contribution is 2.44. The lowest BCUT2D eigenvalue weighted by atomic mass is 10.1. The Kier molecular flexibility index (Phi) is 3.10. The third kappa shape index (κ3) is 2.14. The fourth-order valence-corrected chi connectivity index (χ4v) is 3.45. The number of amides is 2. The molecule has 0 spiro atoms. The monoisotopic (exact) mass is 256 g/mol. The number of rotatable bonds is 3. The van der Waals surface area contributed by atoms with E-state index in [0.29, 0.717) is 6.42 Å². The minimum absolute atomic E-state index is 0.000859. The minimum atomic E-state index is -0.690. The SMILES string of the molecule is CC1SC2CC(=O)N2C1C(=O)OC=CC(N)=O. The molecule has 17 heavy (non-hydrogen) atoms. The molecule has 2 N–H and O–H groups in total. The number of nitrogens with two attached hydrogens (primary N) is 1. The van der Waals surface area contributed by atoms with Gasteiger partial charge in [0.15, 0.2) is 0 Å². The van der Waals surface area contributed by atoms with Crippen LogP contribution in [0.3, 0.4) is 0 Å². The molecule has 0 bridgehead atoms. The average Bonchev–Trinajstić information content (AvgIpc) is 2.49. The summed E-state index contributed by atoms with van der Waals surface area (Å²) in [6, 6.07) is -0.566. The summed E-state index contributed by atoms with van der Waals surface area (Å²) in [4.78, 5) is 35.1. The maximum atomic E-state index is 11.7. The Morgan fingerprint density at radius 2 is 2.29 bits per heavy atom. The Morgan fingerprint density at radius 3 is 2.88 bits per heavy atom. The van der Waals surface area contributed by atoms with Crippen molar-refractivity contribution in [3.63, 3.8) is 0 Å². The van der Waals surface area contributed by atoms with Gasteiger partial charge < -0.3 is 15.4 Å². The zero-order chi connectivity index (χ0) is 12.6. The summed E-state index contributed by atoms with van der Waals surface area (Å²) in [5, 5.41) is 0.0936. The molecule has 0 aromatic rings. The average molecular weight is 256 g/mol. The number of hydrogen-bond donors (Lipinski definition) is 1. The highest BCUT2D eigenvalue weighted by Gasteiger charge is 2.53. The molecule has 2 saturated heterocycles. The van der Waals surface area contributed by atoms with Crippen LogP contribution in [0, 0.1) is 0 Å². The largest absolute Gasteiger partial charge is 0.433 e. The van der Waals surface area contributed by atoms with E-state index in [1.807, 2.05) is 6.92 Å². The summed E-state index contributed by atoms with van der Waals surface area (Å²) in [7, 11) is 0. The van der Waals surface area contributed by atoms with Gasteiger partial charge in [-0.05, 0) is 0 Å². The first-order valence-corrected chi connectivity index (χ1v) is 6.08. The highest BCUT2D eigenvalue weighted by molar-refractivity contribution is 8.00.